The predicted octanol–water partition coefficient (Wildman–Crippen LogP) is 4.24. The minimum atomic E-state index is -1.03. The van der Waals surface area contributed by atoms with Gasteiger partial charge in [-0.3, -0.25) is 0 Å². The van der Waals surface area contributed by atoms with Gasteiger partial charge in [-0.15, -0.1) is 0 Å². The molecule has 0 aliphatic rings. The van der Waals surface area contributed by atoms with Gasteiger partial charge in [0.15, 0.2) is 0 Å². The molecule has 0 spiro atoms. The molecule has 2 rings (SSSR count). The Kier molecular flexibility index (Phi) is 5.91. The number of methoxy groups -OCH3 is 2. The van der Waals surface area contributed by atoms with E-state index in [2.05, 4.69) is 10.0 Å². The van der Waals surface area contributed by atoms with Crippen molar-refractivity contribution in [1.29, 1.82) is 0 Å². The summed E-state index contributed by atoms with van der Waals surface area (Å²) in [6, 6.07) is 14.5. The van der Waals surface area contributed by atoms with Gasteiger partial charge in [0.05, 0.1) is 14.2 Å². The molecule has 0 amide bonds. The molecular formula is C19H24N4O2. The van der Waals surface area contributed by atoms with Crippen LogP contribution in [0, 0.1) is 5.92 Å². The van der Waals surface area contributed by atoms with Crippen LogP contribution in [-0.2, 0) is 5.54 Å². The maximum Gasteiger partial charge on any atom is 0.118 e. The number of nitrogens with two attached hydrogens (primary N) is 1. The molecule has 6 nitrogen and oxygen atoms in total. The van der Waals surface area contributed by atoms with Crippen LogP contribution >= 0.6 is 0 Å². The van der Waals surface area contributed by atoms with Gasteiger partial charge in [-0.25, -0.2) is 0 Å². The molecule has 0 aliphatic carbocycles. The van der Waals surface area contributed by atoms with Gasteiger partial charge >= 0.3 is 0 Å². The van der Waals surface area contributed by atoms with Crippen LogP contribution in [0.1, 0.15) is 25.0 Å². The van der Waals surface area contributed by atoms with Gasteiger partial charge in [0.1, 0.15) is 17.0 Å². The summed E-state index contributed by atoms with van der Waals surface area (Å²) in [5.41, 5.74) is 16.5. The van der Waals surface area contributed by atoms with Gasteiger partial charge in [-0.1, -0.05) is 43.2 Å². The Balaban J connectivity index is 2.71. The third-order valence-corrected chi connectivity index (χ3v) is 4.46. The van der Waals surface area contributed by atoms with E-state index in [1.165, 1.54) is 0 Å². The molecule has 25 heavy (non-hydrogen) atoms. The summed E-state index contributed by atoms with van der Waals surface area (Å²) in [7, 11) is 3.22. The van der Waals surface area contributed by atoms with Crippen molar-refractivity contribution in [1.82, 2.24) is 0 Å². The summed E-state index contributed by atoms with van der Waals surface area (Å²) in [5.74, 6) is 1.55. The molecule has 0 saturated heterocycles. The summed E-state index contributed by atoms with van der Waals surface area (Å²) in [5, 5.41) is 4.20. The number of nitrogens with zero attached hydrogens (tertiary/aromatic N) is 3. The van der Waals surface area contributed by atoms with Crippen LogP contribution in [0.4, 0.5) is 0 Å². The molecule has 0 unspecified atom stereocenters. The fraction of sp³-hybridized carbons (Fsp3) is 0.368. The molecule has 0 aromatic heterocycles. The second-order valence-corrected chi connectivity index (χ2v) is 6.18. The van der Waals surface area contributed by atoms with Crippen molar-refractivity contribution in [2.45, 2.75) is 25.4 Å². The number of rotatable bonds is 7. The van der Waals surface area contributed by atoms with Gasteiger partial charge in [0.2, 0.25) is 0 Å². The van der Waals surface area contributed by atoms with Gasteiger partial charge in [0, 0.05) is 11.0 Å². The lowest BCUT2D eigenvalue weighted by Gasteiger charge is -2.38. The summed E-state index contributed by atoms with van der Waals surface area (Å²) < 4.78 is 10.5. The lowest BCUT2D eigenvalue weighted by molar-refractivity contribution is 0.336. The summed E-state index contributed by atoms with van der Waals surface area (Å²) in [6.07, 6.45) is 0. The molecule has 1 atom stereocenters. The Hall–Kier alpha value is -2.69. The van der Waals surface area contributed by atoms with E-state index in [1.54, 1.807) is 14.2 Å². The lowest BCUT2D eigenvalue weighted by atomic mass is 9.74. The topological polar surface area (TPSA) is 93.2 Å². The van der Waals surface area contributed by atoms with Gasteiger partial charge < -0.3 is 15.2 Å². The van der Waals surface area contributed by atoms with E-state index in [1.807, 2.05) is 62.4 Å². The normalized spacial score (nSPS) is 12.4. The fourth-order valence-corrected chi connectivity index (χ4v) is 2.98. The van der Waals surface area contributed by atoms with Crippen molar-refractivity contribution < 1.29 is 9.47 Å². The summed E-state index contributed by atoms with van der Waals surface area (Å²) in [6.45, 7) is 4.03. The number of hydrogen-bond acceptors (Lipinski definition) is 4. The summed E-state index contributed by atoms with van der Waals surface area (Å²) in [4.78, 5) is 3.13. The first kappa shape index (κ1) is 18.6. The van der Waals surface area contributed by atoms with Crippen LogP contribution < -0.4 is 15.2 Å². The zero-order valence-corrected chi connectivity index (χ0v) is 15.0. The monoisotopic (exact) mass is 340 g/mol. The molecule has 6 heteroatoms. The number of benzene rings is 2. The highest BCUT2D eigenvalue weighted by Crippen LogP contribution is 2.40. The smallest absolute Gasteiger partial charge is 0.118 e. The first-order valence-electron chi connectivity index (χ1n) is 8.10. The Morgan fingerprint density at radius 2 is 1.32 bits per heavy atom. The molecule has 0 saturated carbocycles. The molecule has 2 aromatic rings. The summed E-state index contributed by atoms with van der Waals surface area (Å²) >= 11 is 0. The molecule has 0 bridgehead atoms. The van der Waals surface area contributed by atoms with E-state index in [0.717, 1.165) is 22.6 Å². The maximum atomic E-state index is 9.31. The average molecular weight is 340 g/mol. The van der Waals surface area contributed by atoms with Gasteiger partial charge in [-0.2, -0.15) is 0 Å². The highest BCUT2D eigenvalue weighted by Gasteiger charge is 2.41. The van der Waals surface area contributed by atoms with E-state index < -0.39 is 11.6 Å². The maximum absolute atomic E-state index is 9.31. The highest BCUT2D eigenvalue weighted by molar-refractivity contribution is 5.45. The van der Waals surface area contributed by atoms with Crippen LogP contribution in [0.5, 0.6) is 11.5 Å². The van der Waals surface area contributed by atoms with E-state index in [-0.39, 0.29) is 5.92 Å². The minimum absolute atomic E-state index is 0.0923. The Morgan fingerprint density at radius 1 is 0.920 bits per heavy atom. The van der Waals surface area contributed by atoms with E-state index >= 15 is 0 Å². The quantitative estimate of drug-likeness (QED) is 0.464. The van der Waals surface area contributed by atoms with Gasteiger partial charge in [-0.05, 0) is 46.8 Å². The zero-order valence-electron chi connectivity index (χ0n) is 15.0. The minimum Gasteiger partial charge on any atom is -0.497 e. The van der Waals surface area contributed by atoms with Crippen LogP contribution in [0.25, 0.3) is 10.4 Å². The third-order valence-electron chi connectivity index (χ3n) is 4.46. The number of azide groups is 1. The third kappa shape index (κ3) is 3.55. The van der Waals surface area contributed by atoms with Crippen molar-refractivity contribution in [3.05, 3.63) is 70.1 Å². The number of ether oxygens (including phenoxy) is 2. The average Bonchev–Trinajstić information content (AvgIpc) is 2.65. The second-order valence-electron chi connectivity index (χ2n) is 6.18. The van der Waals surface area contributed by atoms with Crippen molar-refractivity contribution in [3.8, 4) is 11.5 Å². The van der Waals surface area contributed by atoms with E-state index in [9.17, 15) is 5.53 Å². The standard InChI is InChI=1S/C19H24N4O2/c1-13(2)18(20)19(22-23-21,14-5-9-16(24-3)10-6-14)15-7-11-17(25-4)12-8-15/h5-13,18H,20H2,1-4H3/t18-/m0/s1. The Bertz CT molecular complexity index is 688. The van der Waals surface area contributed by atoms with Crippen LogP contribution in [-0.4, -0.2) is 20.3 Å². The van der Waals surface area contributed by atoms with Crippen LogP contribution in [0.3, 0.4) is 0 Å². The van der Waals surface area contributed by atoms with Crippen molar-refractivity contribution >= 4 is 0 Å². The zero-order chi connectivity index (χ0) is 18.4. The second kappa shape index (κ2) is 7.92. The molecule has 132 valence electrons. The van der Waals surface area contributed by atoms with Crippen LogP contribution in [0.15, 0.2) is 53.6 Å². The van der Waals surface area contributed by atoms with E-state index in [0.29, 0.717) is 0 Å². The SMILES string of the molecule is COc1ccc(C(N=[N+]=[N-])(c2ccc(OC)cc2)[C@@H](N)C(C)C)cc1. The largest absolute Gasteiger partial charge is 0.497 e. The molecular weight excluding hydrogens is 316 g/mol. The van der Waals surface area contributed by atoms with Crippen molar-refractivity contribution in [3.63, 3.8) is 0 Å². The van der Waals surface area contributed by atoms with Crippen molar-refractivity contribution in [2.24, 2.45) is 16.8 Å². The molecule has 2 aromatic carbocycles. The van der Waals surface area contributed by atoms with Crippen LogP contribution in [0.2, 0.25) is 0 Å². The molecule has 2 N–H and O–H groups in total. The van der Waals surface area contributed by atoms with Crippen molar-refractivity contribution in [2.75, 3.05) is 14.2 Å². The molecule has 0 radical (unpaired) electrons. The fourth-order valence-electron chi connectivity index (χ4n) is 2.98. The highest BCUT2D eigenvalue weighted by atomic mass is 16.5. The Labute approximate surface area is 148 Å². The predicted molar refractivity (Wildman–Crippen MR) is 98.7 cm³/mol. The number of hydrogen-bond donors (Lipinski definition) is 1. The molecule has 0 aliphatic heterocycles. The van der Waals surface area contributed by atoms with E-state index in [4.69, 9.17) is 15.2 Å². The molecule has 0 heterocycles. The lowest BCUT2D eigenvalue weighted by Crippen LogP contribution is -2.48. The first-order chi connectivity index (χ1) is 12.0. The molecule has 0 fully saturated rings. The van der Waals surface area contributed by atoms with Gasteiger partial charge in [0.25, 0.3) is 0 Å². The first-order valence-corrected chi connectivity index (χ1v) is 8.10. The Morgan fingerprint density at radius 3 is 1.60 bits per heavy atom.